The van der Waals surface area contributed by atoms with Crippen molar-refractivity contribution < 1.29 is 14.3 Å². The Morgan fingerprint density at radius 3 is 2.33 bits per heavy atom. The fraction of sp³-hybridized carbons (Fsp3) is 0.259. The zero-order valence-corrected chi connectivity index (χ0v) is 19.0. The van der Waals surface area contributed by atoms with Crippen molar-refractivity contribution in [3.8, 4) is 5.75 Å². The molecule has 6 heteroatoms. The van der Waals surface area contributed by atoms with E-state index in [1.54, 1.807) is 7.11 Å². The number of anilines is 2. The normalized spacial score (nSPS) is 14.7. The number of benzene rings is 3. The number of urea groups is 1. The summed E-state index contributed by atoms with van der Waals surface area (Å²) < 4.78 is 5.15. The van der Waals surface area contributed by atoms with E-state index in [2.05, 4.69) is 24.4 Å². The summed E-state index contributed by atoms with van der Waals surface area (Å²) in [5, 5.41) is 2.92. The van der Waals surface area contributed by atoms with Crippen LogP contribution in [-0.4, -0.2) is 37.0 Å². The first-order chi connectivity index (χ1) is 16.0. The predicted octanol–water partition coefficient (Wildman–Crippen LogP) is 5.27. The molecule has 0 bridgehead atoms. The molecule has 0 unspecified atom stereocenters. The Labute approximate surface area is 194 Å². The molecule has 6 nitrogen and oxygen atoms in total. The molecule has 1 heterocycles. The number of hydrogen-bond donors (Lipinski definition) is 1. The summed E-state index contributed by atoms with van der Waals surface area (Å²) in [6.45, 7) is 3.49. The molecule has 33 heavy (non-hydrogen) atoms. The van der Waals surface area contributed by atoms with Crippen LogP contribution >= 0.6 is 0 Å². The average Bonchev–Trinajstić information content (AvgIpc) is 2.85. The number of rotatable bonds is 7. The second-order valence-electron chi connectivity index (χ2n) is 8.19. The zero-order valence-electron chi connectivity index (χ0n) is 19.0. The lowest BCUT2D eigenvalue weighted by Gasteiger charge is -2.39. The summed E-state index contributed by atoms with van der Waals surface area (Å²) in [5.41, 5.74) is 3.58. The van der Waals surface area contributed by atoms with Crippen LogP contribution in [-0.2, 0) is 11.2 Å². The Kier molecular flexibility index (Phi) is 6.93. The highest BCUT2D eigenvalue weighted by atomic mass is 16.5. The van der Waals surface area contributed by atoms with Crippen LogP contribution in [0.3, 0.4) is 0 Å². The van der Waals surface area contributed by atoms with Crippen molar-refractivity contribution in [3.63, 3.8) is 0 Å². The third-order valence-electron chi connectivity index (χ3n) is 5.99. The highest BCUT2D eigenvalue weighted by Gasteiger charge is 2.30. The number of amides is 3. The van der Waals surface area contributed by atoms with Crippen molar-refractivity contribution >= 4 is 23.3 Å². The van der Waals surface area contributed by atoms with E-state index in [4.69, 9.17) is 4.74 Å². The van der Waals surface area contributed by atoms with Gasteiger partial charge in [0.2, 0.25) is 5.91 Å². The number of methoxy groups -OCH3 is 1. The molecule has 1 aliphatic heterocycles. The number of nitrogens with zero attached hydrogens (tertiary/aromatic N) is 2. The molecule has 4 rings (SSSR count). The van der Waals surface area contributed by atoms with Gasteiger partial charge >= 0.3 is 6.03 Å². The van der Waals surface area contributed by atoms with Gasteiger partial charge in [0.1, 0.15) is 5.75 Å². The van der Waals surface area contributed by atoms with Crippen molar-refractivity contribution in [1.29, 1.82) is 0 Å². The summed E-state index contributed by atoms with van der Waals surface area (Å²) in [4.78, 5) is 29.4. The summed E-state index contributed by atoms with van der Waals surface area (Å²) in [6.07, 6.45) is 1.19. The third-order valence-corrected chi connectivity index (χ3v) is 5.99. The van der Waals surface area contributed by atoms with Crippen LogP contribution in [0.15, 0.2) is 78.9 Å². The minimum Gasteiger partial charge on any atom is -0.497 e. The van der Waals surface area contributed by atoms with E-state index in [0.717, 1.165) is 35.5 Å². The van der Waals surface area contributed by atoms with E-state index in [1.165, 1.54) is 0 Å². The van der Waals surface area contributed by atoms with Gasteiger partial charge in [-0.15, -0.1) is 0 Å². The quantitative estimate of drug-likeness (QED) is 0.541. The molecule has 170 valence electrons. The predicted molar refractivity (Wildman–Crippen MR) is 131 cm³/mol. The second kappa shape index (κ2) is 10.2. The maximum Gasteiger partial charge on any atom is 0.324 e. The number of hydrogen-bond acceptors (Lipinski definition) is 3. The summed E-state index contributed by atoms with van der Waals surface area (Å²) >= 11 is 0. The van der Waals surface area contributed by atoms with Crippen LogP contribution in [0.25, 0.3) is 0 Å². The second-order valence-corrected chi connectivity index (χ2v) is 8.19. The van der Waals surface area contributed by atoms with E-state index in [1.807, 2.05) is 76.5 Å². The van der Waals surface area contributed by atoms with Crippen molar-refractivity contribution in [2.24, 2.45) is 0 Å². The third kappa shape index (κ3) is 5.34. The molecule has 3 aromatic rings. The van der Waals surface area contributed by atoms with Gasteiger partial charge < -0.3 is 15.0 Å². The maximum atomic E-state index is 13.2. The molecule has 1 atom stereocenters. The van der Waals surface area contributed by atoms with Gasteiger partial charge in [-0.2, -0.15) is 0 Å². The maximum absolute atomic E-state index is 13.2. The number of ether oxygens (including phenoxy) is 1. The van der Waals surface area contributed by atoms with E-state index >= 15 is 0 Å². The van der Waals surface area contributed by atoms with Gasteiger partial charge in [0.25, 0.3) is 0 Å². The molecule has 1 saturated heterocycles. The van der Waals surface area contributed by atoms with Crippen LogP contribution in [0.1, 0.15) is 30.5 Å². The van der Waals surface area contributed by atoms with E-state index < -0.39 is 0 Å². The highest BCUT2D eigenvalue weighted by Crippen LogP contribution is 2.28. The van der Waals surface area contributed by atoms with Crippen molar-refractivity contribution in [2.45, 2.75) is 25.8 Å². The largest absolute Gasteiger partial charge is 0.497 e. The number of nitrogens with one attached hydrogen (secondary N) is 1. The molecule has 3 aromatic carbocycles. The Morgan fingerprint density at radius 1 is 0.970 bits per heavy atom. The van der Waals surface area contributed by atoms with Crippen LogP contribution in [0.2, 0.25) is 0 Å². The lowest BCUT2D eigenvalue weighted by atomic mass is 10.1. The monoisotopic (exact) mass is 443 g/mol. The van der Waals surface area contributed by atoms with E-state index in [9.17, 15) is 9.59 Å². The Balaban J connectivity index is 1.38. The first-order valence-corrected chi connectivity index (χ1v) is 11.2. The van der Waals surface area contributed by atoms with E-state index in [0.29, 0.717) is 12.2 Å². The fourth-order valence-corrected chi connectivity index (χ4v) is 4.11. The van der Waals surface area contributed by atoms with Crippen molar-refractivity contribution in [3.05, 3.63) is 90.0 Å². The van der Waals surface area contributed by atoms with Crippen LogP contribution in [0.5, 0.6) is 5.75 Å². The zero-order chi connectivity index (χ0) is 23.2. The van der Waals surface area contributed by atoms with Gasteiger partial charge in [-0.05, 0) is 60.9 Å². The fourth-order valence-electron chi connectivity index (χ4n) is 4.11. The molecule has 0 aromatic heterocycles. The van der Waals surface area contributed by atoms with Crippen molar-refractivity contribution in [2.75, 3.05) is 30.4 Å². The molecule has 3 amide bonds. The minimum absolute atomic E-state index is 0.00824. The lowest BCUT2D eigenvalue weighted by Crippen LogP contribution is -2.50. The highest BCUT2D eigenvalue weighted by molar-refractivity contribution is 5.95. The summed E-state index contributed by atoms with van der Waals surface area (Å²) in [5.74, 6) is 0.670. The number of carbonyl (C=O) groups is 2. The van der Waals surface area contributed by atoms with Gasteiger partial charge in [0, 0.05) is 24.5 Å². The van der Waals surface area contributed by atoms with Gasteiger partial charge in [-0.3, -0.25) is 9.69 Å². The van der Waals surface area contributed by atoms with Gasteiger partial charge in [0.15, 0.2) is 0 Å². The number of carbonyl (C=O) groups excluding carboxylic acids is 2. The van der Waals surface area contributed by atoms with Crippen LogP contribution < -0.4 is 15.0 Å². The SMILES string of the molecule is COc1ccc(CC(=O)Nc2ccc(N3CCCN([C@@H](C)c4ccccc4)C3=O)cc2)cc1. The first kappa shape index (κ1) is 22.4. The Morgan fingerprint density at radius 2 is 1.67 bits per heavy atom. The minimum atomic E-state index is -0.0928. The van der Waals surface area contributed by atoms with Crippen LogP contribution in [0, 0.1) is 0 Å². The van der Waals surface area contributed by atoms with Crippen LogP contribution in [0.4, 0.5) is 16.2 Å². The molecular weight excluding hydrogens is 414 g/mol. The molecular formula is C27H29N3O3. The van der Waals surface area contributed by atoms with Gasteiger partial charge in [-0.25, -0.2) is 4.79 Å². The van der Waals surface area contributed by atoms with E-state index in [-0.39, 0.29) is 24.4 Å². The summed E-state index contributed by atoms with van der Waals surface area (Å²) in [6, 6.07) is 25.0. The lowest BCUT2D eigenvalue weighted by molar-refractivity contribution is -0.115. The molecule has 1 fully saturated rings. The molecule has 1 aliphatic rings. The first-order valence-electron chi connectivity index (χ1n) is 11.2. The average molecular weight is 444 g/mol. The van der Waals surface area contributed by atoms with Crippen molar-refractivity contribution in [1.82, 2.24) is 4.90 Å². The Hall–Kier alpha value is -3.80. The molecule has 0 saturated carbocycles. The molecule has 0 aliphatic carbocycles. The summed E-state index contributed by atoms with van der Waals surface area (Å²) in [7, 11) is 1.62. The molecule has 0 spiro atoms. The van der Waals surface area contributed by atoms with Gasteiger partial charge in [-0.1, -0.05) is 42.5 Å². The molecule has 0 radical (unpaired) electrons. The standard InChI is InChI=1S/C27H29N3O3/c1-20(22-7-4-3-5-8-22)29-17-6-18-30(27(29)32)24-13-11-23(12-14-24)28-26(31)19-21-9-15-25(33-2)16-10-21/h3-5,7-16,20H,6,17-19H2,1-2H3,(H,28,31)/t20-/m0/s1. The topological polar surface area (TPSA) is 61.9 Å². The van der Waals surface area contributed by atoms with Gasteiger partial charge in [0.05, 0.1) is 19.6 Å². The molecule has 1 N–H and O–H groups in total. The smallest absolute Gasteiger partial charge is 0.324 e. The Bertz CT molecular complexity index is 1080.